The second-order valence-corrected chi connectivity index (χ2v) is 5.66. The Morgan fingerprint density at radius 2 is 2.09 bits per heavy atom. The van der Waals surface area contributed by atoms with Crippen LogP contribution in [0.1, 0.15) is 11.9 Å². The first-order valence-electron chi connectivity index (χ1n) is 7.38. The molecule has 118 valence electrons. The number of rotatable bonds is 7. The largest absolute Gasteiger partial charge is 0.478 e. The van der Waals surface area contributed by atoms with Gasteiger partial charge in [-0.2, -0.15) is 0 Å². The van der Waals surface area contributed by atoms with Crippen LogP contribution in [0.25, 0.3) is 11.3 Å². The summed E-state index contributed by atoms with van der Waals surface area (Å²) in [5.41, 5.74) is 2.08. The minimum Gasteiger partial charge on any atom is -0.478 e. The van der Waals surface area contributed by atoms with Crippen LogP contribution in [0.5, 0.6) is 5.88 Å². The molecule has 0 bridgehead atoms. The van der Waals surface area contributed by atoms with Crippen LogP contribution >= 0.6 is 11.3 Å². The third-order valence-electron chi connectivity index (χ3n) is 3.11. The minimum atomic E-state index is 0.583. The molecule has 1 N–H and O–H groups in total. The molecule has 3 aromatic heterocycles. The summed E-state index contributed by atoms with van der Waals surface area (Å²) in [6.07, 6.45) is 5.89. The van der Waals surface area contributed by atoms with Gasteiger partial charge in [-0.25, -0.2) is 15.0 Å². The van der Waals surface area contributed by atoms with Crippen molar-refractivity contribution in [2.75, 3.05) is 18.5 Å². The highest BCUT2D eigenvalue weighted by molar-refractivity contribution is 7.09. The Morgan fingerprint density at radius 3 is 2.91 bits per heavy atom. The number of thiazole rings is 1. The van der Waals surface area contributed by atoms with E-state index in [1.807, 2.05) is 19.1 Å². The summed E-state index contributed by atoms with van der Waals surface area (Å²) in [5.74, 6) is 1.34. The standard InChI is InChI=1S/C16H17N5OS/c1-2-22-15-9-14(19-11-20-15)18-8-5-16-21-13(10-23-16)12-3-6-17-7-4-12/h3-4,6-7,9-11H,2,5,8H2,1H3,(H,18,19,20). The van der Waals surface area contributed by atoms with Gasteiger partial charge in [-0.05, 0) is 19.1 Å². The zero-order valence-electron chi connectivity index (χ0n) is 12.8. The molecule has 0 fully saturated rings. The van der Waals surface area contributed by atoms with Crippen molar-refractivity contribution in [1.29, 1.82) is 0 Å². The first-order valence-corrected chi connectivity index (χ1v) is 8.26. The molecule has 0 spiro atoms. The number of hydrogen-bond acceptors (Lipinski definition) is 7. The molecule has 7 heteroatoms. The van der Waals surface area contributed by atoms with E-state index in [-0.39, 0.29) is 0 Å². The van der Waals surface area contributed by atoms with Crippen LogP contribution in [0, 0.1) is 0 Å². The van der Waals surface area contributed by atoms with Gasteiger partial charge in [0.05, 0.1) is 17.3 Å². The van der Waals surface area contributed by atoms with E-state index < -0.39 is 0 Å². The normalized spacial score (nSPS) is 10.5. The lowest BCUT2D eigenvalue weighted by Gasteiger charge is -2.06. The van der Waals surface area contributed by atoms with Gasteiger partial charge < -0.3 is 10.1 Å². The van der Waals surface area contributed by atoms with Crippen LogP contribution in [0.2, 0.25) is 0 Å². The predicted molar refractivity (Wildman–Crippen MR) is 90.7 cm³/mol. The minimum absolute atomic E-state index is 0.583. The first kappa shape index (κ1) is 15.4. The van der Waals surface area contributed by atoms with Crippen molar-refractivity contribution in [2.24, 2.45) is 0 Å². The summed E-state index contributed by atoms with van der Waals surface area (Å²) >= 11 is 1.66. The van der Waals surface area contributed by atoms with E-state index in [1.54, 1.807) is 29.8 Å². The van der Waals surface area contributed by atoms with E-state index in [0.29, 0.717) is 12.5 Å². The van der Waals surface area contributed by atoms with Crippen LogP contribution in [-0.2, 0) is 6.42 Å². The van der Waals surface area contributed by atoms with Crippen LogP contribution < -0.4 is 10.1 Å². The Labute approximate surface area is 138 Å². The first-order chi connectivity index (χ1) is 11.3. The van der Waals surface area contributed by atoms with Crippen LogP contribution in [0.4, 0.5) is 5.82 Å². The Balaban J connectivity index is 1.55. The van der Waals surface area contributed by atoms with Crippen molar-refractivity contribution in [2.45, 2.75) is 13.3 Å². The molecule has 0 aromatic carbocycles. The average Bonchev–Trinajstić information content (AvgIpc) is 3.05. The fourth-order valence-corrected chi connectivity index (χ4v) is 2.85. The molecule has 6 nitrogen and oxygen atoms in total. The lowest BCUT2D eigenvalue weighted by atomic mass is 10.2. The third-order valence-corrected chi connectivity index (χ3v) is 4.02. The maximum absolute atomic E-state index is 5.36. The van der Waals surface area contributed by atoms with Gasteiger partial charge in [-0.15, -0.1) is 11.3 Å². The Morgan fingerprint density at radius 1 is 1.22 bits per heavy atom. The van der Waals surface area contributed by atoms with Crippen LogP contribution in [0.15, 0.2) is 42.3 Å². The number of ether oxygens (including phenoxy) is 1. The van der Waals surface area contributed by atoms with Gasteiger partial charge >= 0.3 is 0 Å². The molecule has 0 atom stereocenters. The maximum Gasteiger partial charge on any atom is 0.218 e. The molecule has 0 amide bonds. The fourth-order valence-electron chi connectivity index (χ4n) is 2.04. The zero-order valence-corrected chi connectivity index (χ0v) is 13.6. The number of anilines is 1. The zero-order chi connectivity index (χ0) is 15.9. The van der Waals surface area contributed by atoms with Gasteiger partial charge in [-0.3, -0.25) is 4.98 Å². The summed E-state index contributed by atoms with van der Waals surface area (Å²) in [7, 11) is 0. The van der Waals surface area contributed by atoms with E-state index in [4.69, 9.17) is 4.74 Å². The highest BCUT2D eigenvalue weighted by Crippen LogP contribution is 2.21. The number of nitrogens with one attached hydrogen (secondary N) is 1. The fraction of sp³-hybridized carbons (Fsp3) is 0.250. The van der Waals surface area contributed by atoms with Gasteiger partial charge in [0, 0.05) is 42.4 Å². The number of nitrogens with zero attached hydrogens (tertiary/aromatic N) is 4. The number of hydrogen-bond donors (Lipinski definition) is 1. The lowest BCUT2D eigenvalue weighted by molar-refractivity contribution is 0.326. The van der Waals surface area contributed by atoms with Gasteiger partial charge in [0.15, 0.2) is 0 Å². The Bertz CT molecular complexity index is 747. The molecule has 0 saturated heterocycles. The van der Waals surface area contributed by atoms with E-state index in [9.17, 15) is 0 Å². The van der Waals surface area contributed by atoms with Crippen molar-refractivity contribution < 1.29 is 4.74 Å². The Hall–Kier alpha value is -2.54. The van der Waals surface area contributed by atoms with Gasteiger partial charge in [0.25, 0.3) is 0 Å². The molecule has 23 heavy (non-hydrogen) atoms. The van der Waals surface area contributed by atoms with Crippen molar-refractivity contribution >= 4 is 17.2 Å². The molecule has 0 unspecified atom stereocenters. The number of pyridine rings is 1. The van der Waals surface area contributed by atoms with Crippen molar-refractivity contribution in [3.05, 3.63) is 47.3 Å². The molecule has 3 heterocycles. The molecule has 0 aliphatic heterocycles. The van der Waals surface area contributed by atoms with Crippen molar-refractivity contribution in [3.63, 3.8) is 0 Å². The smallest absolute Gasteiger partial charge is 0.218 e. The molecule has 0 aliphatic carbocycles. The molecular formula is C16H17N5OS. The highest BCUT2D eigenvalue weighted by atomic mass is 32.1. The second-order valence-electron chi connectivity index (χ2n) is 4.71. The van der Waals surface area contributed by atoms with Crippen LogP contribution in [0.3, 0.4) is 0 Å². The second kappa shape index (κ2) is 7.64. The predicted octanol–water partition coefficient (Wildman–Crippen LogP) is 3.05. The summed E-state index contributed by atoms with van der Waals surface area (Å²) in [6, 6.07) is 5.73. The third kappa shape index (κ3) is 4.23. The van der Waals surface area contributed by atoms with Gasteiger partial charge in [0.1, 0.15) is 12.1 Å². The van der Waals surface area contributed by atoms with E-state index in [1.165, 1.54) is 6.33 Å². The van der Waals surface area contributed by atoms with Crippen LogP contribution in [-0.4, -0.2) is 33.1 Å². The topological polar surface area (TPSA) is 72.8 Å². The van der Waals surface area contributed by atoms with Gasteiger partial charge in [-0.1, -0.05) is 0 Å². The molecule has 3 aromatic rings. The SMILES string of the molecule is CCOc1cc(NCCc2nc(-c3ccncc3)cs2)ncn1. The van der Waals surface area contributed by atoms with Crippen molar-refractivity contribution in [1.82, 2.24) is 19.9 Å². The monoisotopic (exact) mass is 327 g/mol. The summed E-state index contributed by atoms with van der Waals surface area (Å²) in [6.45, 7) is 3.28. The molecule has 0 radical (unpaired) electrons. The maximum atomic E-state index is 5.36. The quantitative estimate of drug-likeness (QED) is 0.719. The molecule has 3 rings (SSSR count). The van der Waals surface area contributed by atoms with E-state index in [0.717, 1.165) is 35.0 Å². The summed E-state index contributed by atoms with van der Waals surface area (Å²) < 4.78 is 5.36. The van der Waals surface area contributed by atoms with E-state index in [2.05, 4.69) is 30.6 Å². The van der Waals surface area contributed by atoms with E-state index >= 15 is 0 Å². The number of aromatic nitrogens is 4. The van der Waals surface area contributed by atoms with Gasteiger partial charge in [0.2, 0.25) is 5.88 Å². The lowest BCUT2D eigenvalue weighted by Crippen LogP contribution is -2.07. The molecule has 0 saturated carbocycles. The highest BCUT2D eigenvalue weighted by Gasteiger charge is 2.05. The summed E-state index contributed by atoms with van der Waals surface area (Å²) in [5, 5.41) is 6.42. The van der Waals surface area contributed by atoms with Crippen molar-refractivity contribution in [3.8, 4) is 17.1 Å². The summed E-state index contributed by atoms with van der Waals surface area (Å²) in [4.78, 5) is 16.9. The average molecular weight is 327 g/mol. The molecular weight excluding hydrogens is 310 g/mol. The molecule has 0 aliphatic rings. The Kier molecular flexibility index (Phi) is 5.10.